The Labute approximate surface area is 299 Å². The molecule has 0 unspecified atom stereocenters. The molecule has 0 aliphatic heterocycles. The van der Waals surface area contributed by atoms with E-state index in [0.29, 0.717) is 5.89 Å². The average molecular weight is 671 g/mol. The third-order valence-electron chi connectivity index (χ3n) is 9.68. The molecule has 0 N–H and O–H groups in total. The molecule has 10 rings (SSSR count). The lowest BCUT2D eigenvalue weighted by molar-refractivity contribution is 0.620. The zero-order valence-corrected chi connectivity index (χ0v) is 28.3. The molecule has 8 aromatic carbocycles. The van der Waals surface area contributed by atoms with Gasteiger partial charge in [-0.1, -0.05) is 121 Å². The molecule has 51 heavy (non-hydrogen) atoms. The summed E-state index contributed by atoms with van der Waals surface area (Å²) < 4.78 is 8.64. The Kier molecular flexibility index (Phi) is 7.00. The SMILES string of the molecule is c1ccc(-c2nc3cc4c(cc3o2)sc2cc(N(c3ccc(-c5ccc6ccccc6c5)cc3)c3ccccc3-c3ccccc3)ccc24)cc1. The topological polar surface area (TPSA) is 29.3 Å². The van der Waals surface area contributed by atoms with Gasteiger partial charge in [-0.3, -0.25) is 0 Å². The number of hydrogen-bond donors (Lipinski definition) is 0. The van der Waals surface area contributed by atoms with Crippen molar-refractivity contribution in [2.45, 2.75) is 0 Å². The van der Waals surface area contributed by atoms with Crippen molar-refractivity contribution in [1.82, 2.24) is 4.98 Å². The number of thiophene rings is 1. The summed E-state index contributed by atoms with van der Waals surface area (Å²) in [7, 11) is 0. The molecule has 0 aliphatic rings. The van der Waals surface area contributed by atoms with Crippen LogP contribution < -0.4 is 4.90 Å². The summed E-state index contributed by atoms with van der Waals surface area (Å²) in [6.45, 7) is 0. The van der Waals surface area contributed by atoms with Crippen LogP contribution in [0.3, 0.4) is 0 Å². The van der Waals surface area contributed by atoms with E-state index in [9.17, 15) is 0 Å². The van der Waals surface area contributed by atoms with E-state index < -0.39 is 0 Å². The number of anilines is 3. The zero-order valence-electron chi connectivity index (χ0n) is 27.5. The fourth-order valence-electron chi connectivity index (χ4n) is 7.16. The predicted octanol–water partition coefficient (Wildman–Crippen LogP) is 13.8. The number of fused-ring (bicyclic) bond motifs is 5. The van der Waals surface area contributed by atoms with E-state index in [2.05, 4.69) is 157 Å². The monoisotopic (exact) mass is 670 g/mol. The summed E-state index contributed by atoms with van der Waals surface area (Å²) in [5.74, 6) is 0.647. The van der Waals surface area contributed by atoms with E-state index in [-0.39, 0.29) is 0 Å². The van der Waals surface area contributed by atoms with Crippen molar-refractivity contribution in [2.24, 2.45) is 0 Å². The van der Waals surface area contributed by atoms with E-state index in [0.717, 1.165) is 33.7 Å². The molecule has 0 bridgehead atoms. The van der Waals surface area contributed by atoms with Crippen LogP contribution in [-0.4, -0.2) is 4.98 Å². The van der Waals surface area contributed by atoms with Gasteiger partial charge in [0.05, 0.1) is 5.69 Å². The van der Waals surface area contributed by atoms with Crippen molar-refractivity contribution in [3.8, 4) is 33.7 Å². The molecule has 0 aliphatic carbocycles. The first-order valence-corrected chi connectivity index (χ1v) is 17.9. The molecule has 0 saturated heterocycles. The zero-order chi connectivity index (χ0) is 33.7. The lowest BCUT2D eigenvalue weighted by Crippen LogP contribution is -2.11. The van der Waals surface area contributed by atoms with Crippen LogP contribution in [0, 0.1) is 0 Å². The van der Waals surface area contributed by atoms with E-state index in [1.165, 1.54) is 53.2 Å². The van der Waals surface area contributed by atoms with Gasteiger partial charge in [-0.25, -0.2) is 4.98 Å². The highest BCUT2D eigenvalue weighted by Gasteiger charge is 2.19. The lowest BCUT2D eigenvalue weighted by Gasteiger charge is -2.28. The molecule has 0 amide bonds. The Morgan fingerprint density at radius 1 is 0.451 bits per heavy atom. The minimum Gasteiger partial charge on any atom is -0.436 e. The molecule has 2 heterocycles. The van der Waals surface area contributed by atoms with Gasteiger partial charge in [0.2, 0.25) is 5.89 Å². The molecular formula is C47H30N2OS. The molecule has 3 nitrogen and oxygen atoms in total. The van der Waals surface area contributed by atoms with Crippen molar-refractivity contribution in [3.63, 3.8) is 0 Å². The number of benzene rings is 8. The van der Waals surface area contributed by atoms with Crippen LogP contribution in [0.15, 0.2) is 186 Å². The lowest BCUT2D eigenvalue weighted by atomic mass is 9.99. The summed E-state index contributed by atoms with van der Waals surface area (Å²) >= 11 is 1.79. The van der Waals surface area contributed by atoms with Crippen LogP contribution in [0.5, 0.6) is 0 Å². The number of hydrogen-bond acceptors (Lipinski definition) is 4. The Morgan fingerprint density at radius 2 is 1.12 bits per heavy atom. The Morgan fingerprint density at radius 3 is 1.94 bits per heavy atom. The molecule has 240 valence electrons. The number of aromatic nitrogens is 1. The Hall–Kier alpha value is -6.49. The van der Waals surface area contributed by atoms with Gasteiger partial charge in [0, 0.05) is 48.7 Å². The normalized spacial score (nSPS) is 11.5. The first kappa shape index (κ1) is 29.4. The van der Waals surface area contributed by atoms with Crippen molar-refractivity contribution >= 4 is 70.4 Å². The molecule has 0 fully saturated rings. The van der Waals surface area contributed by atoms with Gasteiger partial charge < -0.3 is 9.32 Å². The maximum absolute atomic E-state index is 6.24. The fourth-order valence-corrected chi connectivity index (χ4v) is 8.31. The summed E-state index contributed by atoms with van der Waals surface area (Å²) in [5, 5.41) is 4.90. The molecule has 0 saturated carbocycles. The van der Waals surface area contributed by atoms with Gasteiger partial charge in [-0.05, 0) is 82.1 Å². The number of rotatable bonds is 6. The van der Waals surface area contributed by atoms with Gasteiger partial charge in [-0.2, -0.15) is 0 Å². The Balaban J connectivity index is 1.10. The maximum Gasteiger partial charge on any atom is 0.227 e. The first-order chi connectivity index (χ1) is 25.2. The second-order valence-corrected chi connectivity index (χ2v) is 13.9. The maximum atomic E-state index is 6.24. The van der Waals surface area contributed by atoms with Gasteiger partial charge in [0.1, 0.15) is 5.52 Å². The molecule has 2 aromatic heterocycles. The predicted molar refractivity (Wildman–Crippen MR) is 215 cm³/mol. The van der Waals surface area contributed by atoms with Gasteiger partial charge in [0.15, 0.2) is 5.58 Å². The van der Waals surface area contributed by atoms with Crippen LogP contribution in [0.2, 0.25) is 0 Å². The van der Waals surface area contributed by atoms with Gasteiger partial charge >= 0.3 is 0 Å². The van der Waals surface area contributed by atoms with Crippen molar-refractivity contribution in [1.29, 1.82) is 0 Å². The smallest absolute Gasteiger partial charge is 0.227 e. The standard InChI is InChI=1S/C47H30N2OS/c1-3-12-33(13-4-1)39-17-9-10-18-43(39)49(37-23-21-32(22-24-37)36-20-19-31-11-7-8-16-35(31)27-36)38-25-26-40-41-29-42-44(30-46(41)51-45(40)28-38)50-47(48-42)34-14-5-2-6-15-34/h1-30H. The van der Waals surface area contributed by atoms with E-state index in [1.54, 1.807) is 11.3 Å². The highest BCUT2D eigenvalue weighted by Crippen LogP contribution is 2.45. The summed E-state index contributed by atoms with van der Waals surface area (Å²) in [5.41, 5.74) is 10.7. The van der Waals surface area contributed by atoms with Crippen LogP contribution in [0.25, 0.3) is 75.8 Å². The molecular weight excluding hydrogens is 641 g/mol. The van der Waals surface area contributed by atoms with E-state index >= 15 is 0 Å². The Bertz CT molecular complexity index is 2850. The highest BCUT2D eigenvalue weighted by molar-refractivity contribution is 7.25. The van der Waals surface area contributed by atoms with Crippen LogP contribution in [0.1, 0.15) is 0 Å². The van der Waals surface area contributed by atoms with E-state index in [4.69, 9.17) is 9.40 Å². The molecule has 10 aromatic rings. The molecule has 4 heteroatoms. The second-order valence-electron chi connectivity index (χ2n) is 12.8. The van der Waals surface area contributed by atoms with Crippen LogP contribution in [-0.2, 0) is 0 Å². The highest BCUT2D eigenvalue weighted by atomic mass is 32.1. The van der Waals surface area contributed by atoms with Crippen molar-refractivity contribution in [2.75, 3.05) is 4.90 Å². The van der Waals surface area contributed by atoms with Gasteiger partial charge in [-0.15, -0.1) is 11.3 Å². The van der Waals surface area contributed by atoms with Crippen LogP contribution >= 0.6 is 11.3 Å². The van der Waals surface area contributed by atoms with Gasteiger partial charge in [0.25, 0.3) is 0 Å². The fraction of sp³-hybridized carbons (Fsp3) is 0. The quantitative estimate of drug-likeness (QED) is 0.176. The van der Waals surface area contributed by atoms with Crippen molar-refractivity contribution < 1.29 is 4.42 Å². The van der Waals surface area contributed by atoms with Crippen molar-refractivity contribution in [3.05, 3.63) is 182 Å². The van der Waals surface area contributed by atoms with E-state index in [1.807, 2.05) is 30.3 Å². The van der Waals surface area contributed by atoms with Crippen LogP contribution in [0.4, 0.5) is 17.1 Å². The molecule has 0 spiro atoms. The minimum atomic E-state index is 0.647. The molecule has 0 radical (unpaired) electrons. The minimum absolute atomic E-state index is 0.647. The number of nitrogens with zero attached hydrogens (tertiary/aromatic N) is 2. The first-order valence-electron chi connectivity index (χ1n) is 17.1. The summed E-state index contributed by atoms with van der Waals surface area (Å²) in [6.07, 6.45) is 0. The second kappa shape index (κ2) is 12.1. The molecule has 0 atom stereocenters. The number of para-hydroxylation sites is 1. The largest absolute Gasteiger partial charge is 0.436 e. The third-order valence-corrected chi connectivity index (χ3v) is 10.8. The third kappa shape index (κ3) is 5.25. The average Bonchev–Trinajstić information content (AvgIpc) is 3.78. The number of oxazole rings is 1. The summed E-state index contributed by atoms with van der Waals surface area (Å²) in [6, 6.07) is 64.7. The summed E-state index contributed by atoms with van der Waals surface area (Å²) in [4.78, 5) is 7.24.